The molecule has 100 valence electrons. The van der Waals surface area contributed by atoms with Gasteiger partial charge < -0.3 is 0 Å². The van der Waals surface area contributed by atoms with Crippen molar-refractivity contribution in [1.29, 1.82) is 0 Å². The molecule has 0 saturated heterocycles. The Bertz CT molecular complexity index is 241. The van der Waals surface area contributed by atoms with Gasteiger partial charge >= 0.3 is 0 Å². The van der Waals surface area contributed by atoms with Gasteiger partial charge in [0.05, 0.1) is 0 Å². The maximum Gasteiger partial charge on any atom is 0.0404 e. The SMILES string of the molecule is CC(C)(C)CC(C)(C)CC=CCCC=CCCl. The fourth-order valence-corrected chi connectivity index (χ4v) is 2.53. The zero-order valence-corrected chi connectivity index (χ0v) is 13.0. The standard InChI is InChI=1S/C16H29Cl/c1-15(2,3)14-16(4,5)12-10-8-6-7-9-11-13-17/h8-11H,6-7,12-14H2,1-5H3. The second-order valence-corrected chi connectivity index (χ2v) is 7.09. The number of rotatable bonds is 7. The first-order valence-corrected chi connectivity index (χ1v) is 7.16. The summed E-state index contributed by atoms with van der Waals surface area (Å²) in [7, 11) is 0. The third-order valence-electron chi connectivity index (χ3n) is 2.60. The minimum absolute atomic E-state index is 0.403. The topological polar surface area (TPSA) is 0 Å². The largest absolute Gasteiger partial charge is 0.122 e. The van der Waals surface area contributed by atoms with Crippen molar-refractivity contribution in [3.63, 3.8) is 0 Å². The van der Waals surface area contributed by atoms with Gasteiger partial charge in [-0.15, -0.1) is 11.6 Å². The van der Waals surface area contributed by atoms with Crippen LogP contribution in [0.3, 0.4) is 0 Å². The van der Waals surface area contributed by atoms with E-state index in [1.807, 2.05) is 6.08 Å². The van der Waals surface area contributed by atoms with E-state index in [1.165, 1.54) is 12.8 Å². The van der Waals surface area contributed by atoms with Crippen molar-refractivity contribution < 1.29 is 0 Å². The highest BCUT2D eigenvalue weighted by Gasteiger charge is 2.23. The van der Waals surface area contributed by atoms with Gasteiger partial charge in [0.25, 0.3) is 0 Å². The Morgan fingerprint density at radius 2 is 1.35 bits per heavy atom. The average molecular weight is 257 g/mol. The molecule has 0 heterocycles. The monoisotopic (exact) mass is 256 g/mol. The number of hydrogen-bond acceptors (Lipinski definition) is 0. The zero-order chi connectivity index (χ0) is 13.4. The number of unbranched alkanes of at least 4 members (excludes halogenated alkanes) is 1. The van der Waals surface area contributed by atoms with E-state index < -0.39 is 0 Å². The molecule has 0 aromatic heterocycles. The van der Waals surface area contributed by atoms with Crippen LogP contribution in [0, 0.1) is 10.8 Å². The van der Waals surface area contributed by atoms with Crippen LogP contribution in [0.15, 0.2) is 24.3 Å². The summed E-state index contributed by atoms with van der Waals surface area (Å²) in [5.74, 6) is 0.627. The summed E-state index contributed by atoms with van der Waals surface area (Å²) in [6.07, 6.45) is 13.4. The fraction of sp³-hybridized carbons (Fsp3) is 0.750. The minimum atomic E-state index is 0.403. The maximum atomic E-state index is 5.56. The molecule has 17 heavy (non-hydrogen) atoms. The van der Waals surface area contributed by atoms with Crippen molar-refractivity contribution in [3.05, 3.63) is 24.3 Å². The Labute approximate surface area is 113 Å². The molecule has 1 heteroatoms. The molecular weight excluding hydrogens is 228 g/mol. The number of halogens is 1. The van der Waals surface area contributed by atoms with E-state index >= 15 is 0 Å². The van der Waals surface area contributed by atoms with E-state index in [1.54, 1.807) is 0 Å². The van der Waals surface area contributed by atoms with Crippen LogP contribution in [0.2, 0.25) is 0 Å². The summed E-state index contributed by atoms with van der Waals surface area (Å²) in [5, 5.41) is 0. The molecule has 0 aliphatic heterocycles. The predicted molar refractivity (Wildman–Crippen MR) is 80.7 cm³/mol. The molecule has 0 aromatic rings. The molecule has 0 saturated carbocycles. The van der Waals surface area contributed by atoms with Crippen LogP contribution < -0.4 is 0 Å². The predicted octanol–water partition coefficient (Wildman–Crippen LogP) is 5.97. The summed E-state index contributed by atoms with van der Waals surface area (Å²) >= 11 is 5.56. The normalized spacial score (nSPS) is 14.0. The van der Waals surface area contributed by atoms with Crippen molar-refractivity contribution in [1.82, 2.24) is 0 Å². The van der Waals surface area contributed by atoms with E-state index in [2.05, 4.69) is 52.8 Å². The van der Waals surface area contributed by atoms with Gasteiger partial charge in [-0.25, -0.2) is 0 Å². The van der Waals surface area contributed by atoms with Crippen molar-refractivity contribution >= 4 is 11.6 Å². The molecule has 0 aromatic carbocycles. The van der Waals surface area contributed by atoms with Crippen LogP contribution in [-0.4, -0.2) is 5.88 Å². The smallest absolute Gasteiger partial charge is 0.0404 e. The maximum absolute atomic E-state index is 5.56. The average Bonchev–Trinajstić information content (AvgIpc) is 2.12. The van der Waals surface area contributed by atoms with Crippen LogP contribution in [0.25, 0.3) is 0 Å². The molecule has 0 unspecified atom stereocenters. The van der Waals surface area contributed by atoms with Gasteiger partial charge in [0.2, 0.25) is 0 Å². The number of hydrogen-bond donors (Lipinski definition) is 0. The number of alkyl halides is 1. The van der Waals surface area contributed by atoms with Gasteiger partial charge in [-0.2, -0.15) is 0 Å². The van der Waals surface area contributed by atoms with Gasteiger partial charge in [-0.05, 0) is 36.5 Å². The summed E-state index contributed by atoms with van der Waals surface area (Å²) in [4.78, 5) is 0. The Kier molecular flexibility index (Phi) is 7.87. The lowest BCUT2D eigenvalue weighted by Crippen LogP contribution is -2.19. The van der Waals surface area contributed by atoms with E-state index in [9.17, 15) is 0 Å². The van der Waals surface area contributed by atoms with E-state index in [0.29, 0.717) is 16.7 Å². The Morgan fingerprint density at radius 1 is 0.824 bits per heavy atom. The molecule has 0 nitrogen and oxygen atoms in total. The van der Waals surface area contributed by atoms with Crippen molar-refractivity contribution in [2.45, 2.75) is 60.3 Å². The van der Waals surface area contributed by atoms with Crippen LogP contribution >= 0.6 is 11.6 Å². The molecule has 0 rings (SSSR count). The summed E-state index contributed by atoms with van der Waals surface area (Å²) < 4.78 is 0. The first-order valence-electron chi connectivity index (χ1n) is 6.63. The van der Waals surface area contributed by atoms with Crippen molar-refractivity contribution in [2.24, 2.45) is 10.8 Å². The second kappa shape index (κ2) is 7.97. The van der Waals surface area contributed by atoms with E-state index in [-0.39, 0.29) is 0 Å². The van der Waals surface area contributed by atoms with Gasteiger partial charge in [0, 0.05) is 5.88 Å². The van der Waals surface area contributed by atoms with Crippen LogP contribution in [0.4, 0.5) is 0 Å². The van der Waals surface area contributed by atoms with Gasteiger partial charge in [-0.3, -0.25) is 0 Å². The molecule has 0 spiro atoms. The molecule has 0 aliphatic carbocycles. The Hall–Kier alpha value is -0.230. The summed E-state index contributed by atoms with van der Waals surface area (Å²) in [6.45, 7) is 11.7. The van der Waals surface area contributed by atoms with Crippen LogP contribution in [0.5, 0.6) is 0 Å². The summed E-state index contributed by atoms with van der Waals surface area (Å²) in [5.41, 5.74) is 0.821. The van der Waals surface area contributed by atoms with Crippen molar-refractivity contribution in [3.8, 4) is 0 Å². The molecule has 0 atom stereocenters. The van der Waals surface area contributed by atoms with Gasteiger partial charge in [-0.1, -0.05) is 58.9 Å². The molecule has 0 radical (unpaired) electrons. The van der Waals surface area contributed by atoms with Crippen molar-refractivity contribution in [2.75, 3.05) is 5.88 Å². The molecule has 0 fully saturated rings. The molecule has 0 bridgehead atoms. The van der Waals surface area contributed by atoms with Crippen LogP contribution in [-0.2, 0) is 0 Å². The third kappa shape index (κ3) is 12.0. The second-order valence-electron chi connectivity index (χ2n) is 6.78. The fourth-order valence-electron chi connectivity index (χ4n) is 2.40. The first kappa shape index (κ1) is 16.8. The molecule has 0 N–H and O–H groups in total. The summed E-state index contributed by atoms with van der Waals surface area (Å²) in [6, 6.07) is 0. The minimum Gasteiger partial charge on any atom is -0.122 e. The van der Waals surface area contributed by atoms with Gasteiger partial charge in [0.15, 0.2) is 0 Å². The highest BCUT2D eigenvalue weighted by molar-refractivity contribution is 6.18. The highest BCUT2D eigenvalue weighted by Crippen LogP contribution is 2.35. The van der Waals surface area contributed by atoms with E-state index in [4.69, 9.17) is 11.6 Å². The molecular formula is C16H29Cl. The lowest BCUT2D eigenvalue weighted by Gasteiger charge is -2.31. The Balaban J connectivity index is 3.85. The lowest BCUT2D eigenvalue weighted by atomic mass is 9.74. The molecule has 0 amide bonds. The zero-order valence-electron chi connectivity index (χ0n) is 12.2. The third-order valence-corrected chi connectivity index (χ3v) is 2.78. The quantitative estimate of drug-likeness (QED) is 0.299. The van der Waals surface area contributed by atoms with E-state index in [0.717, 1.165) is 12.8 Å². The van der Waals surface area contributed by atoms with Crippen LogP contribution in [0.1, 0.15) is 60.3 Å². The number of allylic oxidation sites excluding steroid dienone is 4. The van der Waals surface area contributed by atoms with Gasteiger partial charge in [0.1, 0.15) is 0 Å². The highest BCUT2D eigenvalue weighted by atomic mass is 35.5. The first-order chi connectivity index (χ1) is 7.77. The Morgan fingerprint density at radius 3 is 1.82 bits per heavy atom. The molecule has 0 aliphatic rings. The lowest BCUT2D eigenvalue weighted by molar-refractivity contribution is 0.215.